The molecule has 1 aromatic heterocycles. The van der Waals surface area contributed by atoms with E-state index in [0.29, 0.717) is 17.5 Å². The fourth-order valence-electron chi connectivity index (χ4n) is 2.95. The number of rotatable bonds is 7. The van der Waals surface area contributed by atoms with Crippen molar-refractivity contribution in [1.82, 2.24) is 15.3 Å². The zero-order valence-corrected chi connectivity index (χ0v) is 17.1. The number of aryl methyl sites for hydroxylation is 2. The van der Waals surface area contributed by atoms with Gasteiger partial charge in [0.2, 0.25) is 0 Å². The number of carbonyl (C=O) groups excluding carboxylic acids is 3. The summed E-state index contributed by atoms with van der Waals surface area (Å²) in [6.07, 6.45) is 0.373. The Kier molecular flexibility index (Phi) is 6.51. The number of carbonyl (C=O) groups is 3. The van der Waals surface area contributed by atoms with Crippen LogP contribution in [0.2, 0.25) is 0 Å². The zero-order chi connectivity index (χ0) is 21.7. The summed E-state index contributed by atoms with van der Waals surface area (Å²) in [5, 5.41) is 2.63. The van der Waals surface area contributed by atoms with Crippen molar-refractivity contribution >= 4 is 28.7 Å². The molecule has 0 spiro atoms. The quantitative estimate of drug-likeness (QED) is 0.607. The molecule has 1 heterocycles. The number of nitrogens with zero attached hydrogens (tertiary/aromatic N) is 2. The molecule has 30 heavy (non-hydrogen) atoms. The Labute approximate surface area is 174 Å². The second kappa shape index (κ2) is 9.26. The van der Waals surface area contributed by atoms with E-state index < -0.39 is 24.5 Å². The van der Waals surface area contributed by atoms with Gasteiger partial charge >= 0.3 is 5.97 Å². The third-order valence-electron chi connectivity index (χ3n) is 4.75. The summed E-state index contributed by atoms with van der Waals surface area (Å²) in [7, 11) is 0. The molecule has 0 saturated carbocycles. The molecule has 154 valence electrons. The van der Waals surface area contributed by atoms with E-state index in [9.17, 15) is 14.4 Å². The molecular formula is C23H23N3O4. The molecule has 0 aliphatic heterocycles. The van der Waals surface area contributed by atoms with Crippen LogP contribution in [-0.4, -0.2) is 40.3 Å². The number of benzene rings is 2. The molecule has 0 radical (unpaired) electrons. The van der Waals surface area contributed by atoms with Crippen molar-refractivity contribution in [3.8, 4) is 0 Å². The lowest BCUT2D eigenvalue weighted by atomic mass is 10.0. The number of ketones is 1. The van der Waals surface area contributed by atoms with Crippen molar-refractivity contribution in [1.29, 1.82) is 0 Å². The molecular weight excluding hydrogens is 382 g/mol. The number of ether oxygens (including phenoxy) is 1. The Morgan fingerprint density at radius 2 is 1.63 bits per heavy atom. The number of esters is 1. The lowest BCUT2D eigenvalue weighted by Crippen LogP contribution is -2.43. The highest BCUT2D eigenvalue weighted by molar-refractivity contribution is 5.95. The van der Waals surface area contributed by atoms with Gasteiger partial charge in [-0.25, -0.2) is 14.8 Å². The normalized spacial score (nSPS) is 11.7. The first-order valence-electron chi connectivity index (χ1n) is 9.59. The Morgan fingerprint density at radius 3 is 2.30 bits per heavy atom. The molecule has 2 aromatic carbocycles. The average Bonchev–Trinajstić information content (AvgIpc) is 2.72. The molecule has 1 atom stereocenters. The van der Waals surface area contributed by atoms with Crippen LogP contribution >= 0.6 is 0 Å². The summed E-state index contributed by atoms with van der Waals surface area (Å²) >= 11 is 0. The van der Waals surface area contributed by atoms with E-state index in [-0.39, 0.29) is 11.3 Å². The van der Waals surface area contributed by atoms with E-state index >= 15 is 0 Å². The van der Waals surface area contributed by atoms with Gasteiger partial charge in [0, 0.05) is 0 Å². The van der Waals surface area contributed by atoms with Crippen LogP contribution < -0.4 is 5.32 Å². The highest BCUT2D eigenvalue weighted by Gasteiger charge is 2.19. The summed E-state index contributed by atoms with van der Waals surface area (Å²) in [6.45, 7) is 4.65. The van der Waals surface area contributed by atoms with E-state index in [4.69, 9.17) is 4.74 Å². The maximum Gasteiger partial charge on any atom is 0.338 e. The standard InChI is InChI=1S/C23H23N3O4/c1-14-15(2)25-21-12-18(9-10-19(21)24-14)23(29)30-13-22(28)26-20(16(3)27)11-17-7-5-4-6-8-17/h4-10,12,20H,11,13H2,1-3H3,(H,26,28)/t20-/m1/s1. The fourth-order valence-corrected chi connectivity index (χ4v) is 2.95. The van der Waals surface area contributed by atoms with Gasteiger partial charge in [0.1, 0.15) is 0 Å². The van der Waals surface area contributed by atoms with Crippen LogP contribution in [0.15, 0.2) is 48.5 Å². The van der Waals surface area contributed by atoms with E-state index in [0.717, 1.165) is 17.0 Å². The Bertz CT molecular complexity index is 1100. The number of amides is 1. The van der Waals surface area contributed by atoms with Gasteiger partial charge < -0.3 is 10.1 Å². The summed E-state index contributed by atoms with van der Waals surface area (Å²) in [5.74, 6) is -1.35. The van der Waals surface area contributed by atoms with Gasteiger partial charge in [0.25, 0.3) is 5.91 Å². The van der Waals surface area contributed by atoms with Crippen LogP contribution in [0.5, 0.6) is 0 Å². The molecule has 1 amide bonds. The van der Waals surface area contributed by atoms with Crippen LogP contribution in [0.3, 0.4) is 0 Å². The molecule has 3 aromatic rings. The molecule has 7 nitrogen and oxygen atoms in total. The SMILES string of the molecule is CC(=O)[C@@H](Cc1ccccc1)NC(=O)COC(=O)c1ccc2nc(C)c(C)nc2c1. The largest absolute Gasteiger partial charge is 0.452 e. The minimum atomic E-state index is -0.680. The molecule has 1 N–H and O–H groups in total. The number of Topliss-reactive ketones (excluding diaryl/α,β-unsaturated/α-hetero) is 1. The molecule has 0 aliphatic rings. The molecule has 7 heteroatoms. The van der Waals surface area contributed by atoms with Gasteiger partial charge in [0.05, 0.1) is 34.0 Å². The Hall–Kier alpha value is -3.61. The van der Waals surface area contributed by atoms with Gasteiger partial charge in [-0.2, -0.15) is 0 Å². The predicted octanol–water partition coefficient (Wildman–Crippen LogP) is 2.72. The van der Waals surface area contributed by atoms with Gasteiger partial charge in [0.15, 0.2) is 12.4 Å². The average molecular weight is 405 g/mol. The van der Waals surface area contributed by atoms with E-state index in [1.807, 2.05) is 44.2 Å². The van der Waals surface area contributed by atoms with Crippen LogP contribution in [0.4, 0.5) is 0 Å². The number of hydrogen-bond donors (Lipinski definition) is 1. The van der Waals surface area contributed by atoms with Crippen molar-refractivity contribution in [3.05, 3.63) is 71.0 Å². The first-order chi connectivity index (χ1) is 14.3. The lowest BCUT2D eigenvalue weighted by Gasteiger charge is -2.16. The van der Waals surface area contributed by atoms with E-state index in [2.05, 4.69) is 15.3 Å². The summed E-state index contributed by atoms with van der Waals surface area (Å²) < 4.78 is 5.11. The third kappa shape index (κ3) is 5.26. The number of nitrogens with one attached hydrogen (secondary N) is 1. The molecule has 0 unspecified atom stereocenters. The molecule has 0 fully saturated rings. The smallest absolute Gasteiger partial charge is 0.338 e. The first-order valence-corrected chi connectivity index (χ1v) is 9.59. The zero-order valence-electron chi connectivity index (χ0n) is 17.1. The minimum absolute atomic E-state index is 0.169. The highest BCUT2D eigenvalue weighted by Crippen LogP contribution is 2.15. The number of fused-ring (bicyclic) bond motifs is 1. The number of hydrogen-bond acceptors (Lipinski definition) is 6. The third-order valence-corrected chi connectivity index (χ3v) is 4.75. The second-order valence-electron chi connectivity index (χ2n) is 7.09. The van der Waals surface area contributed by atoms with E-state index in [1.54, 1.807) is 18.2 Å². The topological polar surface area (TPSA) is 98.2 Å². The minimum Gasteiger partial charge on any atom is -0.452 e. The molecule has 0 bridgehead atoms. The van der Waals surface area contributed by atoms with Crippen molar-refractivity contribution in [2.75, 3.05) is 6.61 Å². The van der Waals surface area contributed by atoms with Gasteiger partial charge in [-0.15, -0.1) is 0 Å². The summed E-state index contributed by atoms with van der Waals surface area (Å²) in [4.78, 5) is 45.3. The van der Waals surface area contributed by atoms with Crippen LogP contribution in [0.25, 0.3) is 11.0 Å². The fraction of sp³-hybridized carbons (Fsp3) is 0.261. The highest BCUT2D eigenvalue weighted by atomic mass is 16.5. The number of aromatic nitrogens is 2. The van der Waals surface area contributed by atoms with E-state index in [1.165, 1.54) is 6.92 Å². The maximum atomic E-state index is 12.3. The van der Waals surface area contributed by atoms with Gasteiger partial charge in [-0.05, 0) is 51.0 Å². The summed E-state index contributed by atoms with van der Waals surface area (Å²) in [5.41, 5.74) is 4.07. The van der Waals surface area contributed by atoms with Crippen LogP contribution in [-0.2, 0) is 20.7 Å². The van der Waals surface area contributed by atoms with Crippen LogP contribution in [0.1, 0.15) is 34.2 Å². The second-order valence-corrected chi connectivity index (χ2v) is 7.09. The Morgan fingerprint density at radius 1 is 0.967 bits per heavy atom. The van der Waals surface area contributed by atoms with Crippen molar-refractivity contribution < 1.29 is 19.1 Å². The first kappa shape index (κ1) is 21.1. The molecule has 3 rings (SSSR count). The van der Waals surface area contributed by atoms with Crippen molar-refractivity contribution in [2.45, 2.75) is 33.2 Å². The lowest BCUT2D eigenvalue weighted by molar-refractivity contribution is -0.128. The maximum absolute atomic E-state index is 12.3. The molecule has 0 saturated heterocycles. The molecule has 0 aliphatic carbocycles. The van der Waals surface area contributed by atoms with Crippen molar-refractivity contribution in [2.24, 2.45) is 0 Å². The van der Waals surface area contributed by atoms with Crippen molar-refractivity contribution in [3.63, 3.8) is 0 Å². The van der Waals surface area contributed by atoms with Gasteiger partial charge in [-0.1, -0.05) is 30.3 Å². The predicted molar refractivity (Wildman–Crippen MR) is 112 cm³/mol. The van der Waals surface area contributed by atoms with Crippen LogP contribution in [0, 0.1) is 13.8 Å². The van der Waals surface area contributed by atoms with Gasteiger partial charge in [-0.3, -0.25) is 9.59 Å². The Balaban J connectivity index is 1.60. The summed E-state index contributed by atoms with van der Waals surface area (Å²) in [6, 6.07) is 13.6. The monoisotopic (exact) mass is 405 g/mol.